The van der Waals surface area contributed by atoms with Crippen LogP contribution in [-0.2, 0) is 4.79 Å². The van der Waals surface area contributed by atoms with E-state index in [2.05, 4.69) is 31.4 Å². The number of benzene rings is 1. The van der Waals surface area contributed by atoms with Gasteiger partial charge in [-0.15, -0.1) is 0 Å². The quantitative estimate of drug-likeness (QED) is 0.802. The molecule has 0 aliphatic carbocycles. The van der Waals surface area contributed by atoms with Crippen molar-refractivity contribution in [3.05, 3.63) is 24.3 Å². The number of hydrogen-bond donors (Lipinski definition) is 2. The van der Waals surface area contributed by atoms with Crippen LogP contribution < -0.4 is 10.6 Å². The summed E-state index contributed by atoms with van der Waals surface area (Å²) in [7, 11) is 0. The fraction of sp³-hybridized carbons (Fsp3) is 0.533. The zero-order chi connectivity index (χ0) is 13.5. The molecule has 18 heavy (non-hydrogen) atoms. The van der Waals surface area contributed by atoms with Crippen molar-refractivity contribution in [3.8, 4) is 0 Å². The molecule has 0 heterocycles. The van der Waals surface area contributed by atoms with Gasteiger partial charge in [-0.2, -0.15) is 0 Å². The minimum atomic E-state index is 0.0457. The minimum Gasteiger partial charge on any atom is -0.382 e. The molecule has 0 bridgehead atoms. The third-order valence-corrected chi connectivity index (χ3v) is 3.09. The number of amides is 1. The normalized spacial score (nSPS) is 12.3. The molecule has 1 rings (SSSR count). The Labute approximate surface area is 110 Å². The molecule has 0 aliphatic rings. The molecule has 0 aliphatic heterocycles. The van der Waals surface area contributed by atoms with Gasteiger partial charge < -0.3 is 10.6 Å². The Morgan fingerprint density at radius 3 is 2.11 bits per heavy atom. The summed E-state index contributed by atoms with van der Waals surface area (Å²) in [5.41, 5.74) is 1.95. The Kier molecular flexibility index (Phi) is 5.69. The number of carbonyl (C=O) groups is 1. The lowest BCUT2D eigenvalue weighted by atomic mass is 10.0. The van der Waals surface area contributed by atoms with Crippen LogP contribution in [0, 0.1) is 5.92 Å². The first-order chi connectivity index (χ1) is 8.56. The van der Waals surface area contributed by atoms with Crippen LogP contribution in [0.4, 0.5) is 11.4 Å². The number of carbonyl (C=O) groups excluding carboxylic acids is 1. The van der Waals surface area contributed by atoms with Crippen molar-refractivity contribution in [2.24, 2.45) is 5.92 Å². The van der Waals surface area contributed by atoms with Gasteiger partial charge in [-0.3, -0.25) is 4.79 Å². The molecule has 1 unspecified atom stereocenters. The van der Waals surface area contributed by atoms with E-state index in [9.17, 15) is 4.79 Å². The van der Waals surface area contributed by atoms with Crippen LogP contribution in [0.15, 0.2) is 24.3 Å². The van der Waals surface area contributed by atoms with Crippen molar-refractivity contribution in [2.45, 2.75) is 46.6 Å². The van der Waals surface area contributed by atoms with Gasteiger partial charge in [0.15, 0.2) is 0 Å². The summed E-state index contributed by atoms with van der Waals surface area (Å²) >= 11 is 0. The maximum Gasteiger partial charge on any atom is 0.224 e. The summed E-state index contributed by atoms with van der Waals surface area (Å²) in [6.45, 7) is 8.47. The molecule has 0 saturated carbocycles. The first-order valence-corrected chi connectivity index (χ1v) is 6.73. The Bertz CT molecular complexity index is 371. The molecule has 1 amide bonds. The van der Waals surface area contributed by atoms with Crippen LogP contribution in [0.25, 0.3) is 0 Å². The third-order valence-electron chi connectivity index (χ3n) is 3.09. The number of hydrogen-bond acceptors (Lipinski definition) is 2. The highest BCUT2D eigenvalue weighted by Crippen LogP contribution is 2.18. The van der Waals surface area contributed by atoms with E-state index in [0.29, 0.717) is 18.4 Å². The van der Waals surface area contributed by atoms with E-state index in [0.717, 1.165) is 17.8 Å². The molecule has 0 saturated heterocycles. The lowest BCUT2D eigenvalue weighted by molar-refractivity contribution is -0.115. The molecule has 1 aromatic carbocycles. The standard InChI is InChI=1S/C15H24N2O/c1-5-14(11(3)4)16-12-7-9-13(10-8-12)17-15(18)6-2/h7-11,14,16H,5-6H2,1-4H3,(H,17,18). The second-order valence-electron chi connectivity index (χ2n) is 4.88. The Hall–Kier alpha value is -1.51. The second kappa shape index (κ2) is 7.04. The highest BCUT2D eigenvalue weighted by Gasteiger charge is 2.10. The molecule has 0 spiro atoms. The summed E-state index contributed by atoms with van der Waals surface area (Å²) in [6, 6.07) is 8.37. The molecule has 0 fully saturated rings. The van der Waals surface area contributed by atoms with Crippen LogP contribution in [0.5, 0.6) is 0 Å². The molecule has 1 aromatic rings. The van der Waals surface area contributed by atoms with Gasteiger partial charge in [-0.1, -0.05) is 27.7 Å². The van der Waals surface area contributed by atoms with Crippen LogP contribution in [0.2, 0.25) is 0 Å². The molecule has 3 nitrogen and oxygen atoms in total. The highest BCUT2D eigenvalue weighted by atomic mass is 16.1. The maximum absolute atomic E-state index is 11.3. The second-order valence-corrected chi connectivity index (χ2v) is 4.88. The molecule has 100 valence electrons. The van der Waals surface area contributed by atoms with Gasteiger partial charge in [0, 0.05) is 23.8 Å². The summed E-state index contributed by atoms with van der Waals surface area (Å²) in [5.74, 6) is 0.652. The van der Waals surface area contributed by atoms with Gasteiger partial charge in [0.1, 0.15) is 0 Å². The van der Waals surface area contributed by atoms with E-state index in [4.69, 9.17) is 0 Å². The molecule has 3 heteroatoms. The maximum atomic E-state index is 11.3. The SMILES string of the molecule is CCC(=O)Nc1ccc(NC(CC)C(C)C)cc1. The number of nitrogens with one attached hydrogen (secondary N) is 2. The van der Waals surface area contributed by atoms with Crippen molar-refractivity contribution in [2.75, 3.05) is 10.6 Å². The summed E-state index contributed by atoms with van der Waals surface area (Å²) in [4.78, 5) is 11.3. The van der Waals surface area contributed by atoms with E-state index in [1.165, 1.54) is 0 Å². The lowest BCUT2D eigenvalue weighted by Crippen LogP contribution is -2.24. The van der Waals surface area contributed by atoms with Crippen molar-refractivity contribution in [3.63, 3.8) is 0 Å². The number of anilines is 2. The smallest absolute Gasteiger partial charge is 0.224 e. The van der Waals surface area contributed by atoms with Gasteiger partial charge >= 0.3 is 0 Å². The van der Waals surface area contributed by atoms with Crippen LogP contribution in [0.1, 0.15) is 40.5 Å². The van der Waals surface area contributed by atoms with Crippen molar-refractivity contribution in [1.82, 2.24) is 0 Å². The predicted octanol–water partition coefficient (Wildman–Crippen LogP) is 3.88. The van der Waals surface area contributed by atoms with Crippen LogP contribution >= 0.6 is 0 Å². The highest BCUT2D eigenvalue weighted by molar-refractivity contribution is 5.90. The molecule has 0 radical (unpaired) electrons. The average Bonchev–Trinajstić information content (AvgIpc) is 2.37. The monoisotopic (exact) mass is 248 g/mol. The molecule has 1 atom stereocenters. The Morgan fingerprint density at radius 1 is 1.11 bits per heavy atom. The van der Waals surface area contributed by atoms with E-state index in [1.54, 1.807) is 0 Å². The zero-order valence-corrected chi connectivity index (χ0v) is 11.8. The van der Waals surface area contributed by atoms with Crippen molar-refractivity contribution in [1.29, 1.82) is 0 Å². The lowest BCUT2D eigenvalue weighted by Gasteiger charge is -2.22. The van der Waals surface area contributed by atoms with Gasteiger partial charge in [0.05, 0.1) is 0 Å². The molecular formula is C15H24N2O. The summed E-state index contributed by atoms with van der Waals surface area (Å²) in [5, 5.41) is 6.35. The first kappa shape index (κ1) is 14.6. The van der Waals surface area contributed by atoms with Gasteiger partial charge in [0.2, 0.25) is 5.91 Å². The van der Waals surface area contributed by atoms with E-state index >= 15 is 0 Å². The predicted molar refractivity (Wildman–Crippen MR) is 77.9 cm³/mol. The topological polar surface area (TPSA) is 41.1 Å². The van der Waals surface area contributed by atoms with Crippen molar-refractivity contribution >= 4 is 17.3 Å². The summed E-state index contributed by atoms with van der Waals surface area (Å²) in [6.07, 6.45) is 1.61. The van der Waals surface area contributed by atoms with Gasteiger partial charge in [0.25, 0.3) is 0 Å². The number of rotatable bonds is 6. The molecule has 0 aromatic heterocycles. The van der Waals surface area contributed by atoms with Gasteiger partial charge in [-0.25, -0.2) is 0 Å². The third kappa shape index (κ3) is 4.40. The Balaban J connectivity index is 2.62. The molecular weight excluding hydrogens is 224 g/mol. The van der Waals surface area contributed by atoms with Crippen LogP contribution in [0.3, 0.4) is 0 Å². The fourth-order valence-electron chi connectivity index (χ4n) is 1.85. The largest absolute Gasteiger partial charge is 0.382 e. The minimum absolute atomic E-state index is 0.0457. The van der Waals surface area contributed by atoms with E-state index in [-0.39, 0.29) is 5.91 Å². The van der Waals surface area contributed by atoms with Crippen LogP contribution in [-0.4, -0.2) is 11.9 Å². The molecule has 2 N–H and O–H groups in total. The zero-order valence-electron chi connectivity index (χ0n) is 11.8. The van der Waals surface area contributed by atoms with E-state index in [1.807, 2.05) is 31.2 Å². The average molecular weight is 248 g/mol. The first-order valence-electron chi connectivity index (χ1n) is 6.73. The summed E-state index contributed by atoms with van der Waals surface area (Å²) < 4.78 is 0. The van der Waals surface area contributed by atoms with Crippen molar-refractivity contribution < 1.29 is 4.79 Å². The van der Waals surface area contributed by atoms with Gasteiger partial charge in [-0.05, 0) is 36.6 Å². The Morgan fingerprint density at radius 2 is 1.67 bits per heavy atom. The fourth-order valence-corrected chi connectivity index (χ4v) is 1.85. The van der Waals surface area contributed by atoms with E-state index < -0.39 is 0 Å².